The van der Waals surface area contributed by atoms with E-state index in [-0.39, 0.29) is 6.04 Å². The highest BCUT2D eigenvalue weighted by Crippen LogP contribution is 2.33. The summed E-state index contributed by atoms with van der Waals surface area (Å²) in [5, 5.41) is 5.51. The van der Waals surface area contributed by atoms with Gasteiger partial charge in [0.05, 0.1) is 14.2 Å². The Balaban J connectivity index is 2.16. The van der Waals surface area contributed by atoms with Gasteiger partial charge in [-0.2, -0.15) is 0 Å². The van der Waals surface area contributed by atoms with Crippen molar-refractivity contribution in [1.29, 1.82) is 0 Å². The zero-order chi connectivity index (χ0) is 15.1. The first-order valence-electron chi connectivity index (χ1n) is 6.76. The summed E-state index contributed by atoms with van der Waals surface area (Å²) < 4.78 is 11.9. The summed E-state index contributed by atoms with van der Waals surface area (Å²) in [6.45, 7) is 3.01. The lowest BCUT2D eigenvalue weighted by Crippen LogP contribution is -2.23. The van der Waals surface area contributed by atoms with E-state index in [9.17, 15) is 0 Å². The normalized spacial score (nSPS) is 12.1. The van der Waals surface area contributed by atoms with Crippen LogP contribution in [-0.4, -0.2) is 31.5 Å². The van der Waals surface area contributed by atoms with Crippen molar-refractivity contribution in [2.75, 3.05) is 26.5 Å². The van der Waals surface area contributed by atoms with E-state index in [0.717, 1.165) is 33.7 Å². The Kier molecular flexibility index (Phi) is 6.35. The van der Waals surface area contributed by atoms with Crippen molar-refractivity contribution in [1.82, 2.24) is 10.3 Å². The summed E-state index contributed by atoms with van der Waals surface area (Å²) in [6.07, 6.45) is 1.84. The van der Waals surface area contributed by atoms with Crippen molar-refractivity contribution >= 4 is 23.1 Å². The van der Waals surface area contributed by atoms with Crippen LogP contribution in [0.3, 0.4) is 0 Å². The SMILES string of the molecule is CCNC(CSc1nccs1)c1ccc(OC)cc1OC. The number of nitrogens with one attached hydrogen (secondary N) is 1. The number of hydrogen-bond acceptors (Lipinski definition) is 6. The van der Waals surface area contributed by atoms with Crippen LogP contribution in [0.5, 0.6) is 11.5 Å². The number of aromatic nitrogens is 1. The van der Waals surface area contributed by atoms with Gasteiger partial charge in [0, 0.05) is 35.0 Å². The smallest absolute Gasteiger partial charge is 0.149 e. The fourth-order valence-corrected chi connectivity index (χ4v) is 3.79. The number of benzene rings is 1. The largest absolute Gasteiger partial charge is 0.497 e. The van der Waals surface area contributed by atoms with Crippen LogP contribution in [0.25, 0.3) is 0 Å². The number of nitrogens with zero attached hydrogens (tertiary/aromatic N) is 1. The molecule has 1 aromatic carbocycles. The lowest BCUT2D eigenvalue weighted by atomic mass is 10.1. The molecule has 4 nitrogen and oxygen atoms in total. The van der Waals surface area contributed by atoms with Crippen LogP contribution < -0.4 is 14.8 Å². The van der Waals surface area contributed by atoms with E-state index in [1.165, 1.54) is 0 Å². The van der Waals surface area contributed by atoms with E-state index in [1.807, 2.05) is 23.7 Å². The highest BCUT2D eigenvalue weighted by atomic mass is 32.2. The van der Waals surface area contributed by atoms with Crippen molar-refractivity contribution in [3.8, 4) is 11.5 Å². The third kappa shape index (κ3) is 4.36. The fourth-order valence-electron chi connectivity index (χ4n) is 2.05. The molecule has 0 aliphatic rings. The Hall–Kier alpha value is -1.24. The number of hydrogen-bond donors (Lipinski definition) is 1. The summed E-state index contributed by atoms with van der Waals surface area (Å²) in [7, 11) is 3.35. The van der Waals surface area contributed by atoms with Gasteiger partial charge >= 0.3 is 0 Å². The molecule has 0 bridgehead atoms. The Morgan fingerprint density at radius 2 is 2.19 bits per heavy atom. The standard InChI is InChI=1S/C15H20N2O2S2/c1-4-16-13(10-21-15-17-7-8-20-15)12-6-5-11(18-2)9-14(12)19-3/h5-9,13,16H,4,10H2,1-3H3. The molecule has 0 amide bonds. The highest BCUT2D eigenvalue weighted by molar-refractivity contribution is 8.01. The van der Waals surface area contributed by atoms with Crippen molar-refractivity contribution in [3.63, 3.8) is 0 Å². The molecule has 0 spiro atoms. The zero-order valence-corrected chi connectivity index (χ0v) is 14.1. The summed E-state index contributed by atoms with van der Waals surface area (Å²) in [5.74, 6) is 2.56. The topological polar surface area (TPSA) is 43.4 Å². The molecular formula is C15H20N2O2S2. The average molecular weight is 324 g/mol. The zero-order valence-electron chi connectivity index (χ0n) is 12.5. The van der Waals surface area contributed by atoms with Crippen LogP contribution in [0.4, 0.5) is 0 Å². The van der Waals surface area contributed by atoms with Crippen molar-refractivity contribution < 1.29 is 9.47 Å². The van der Waals surface area contributed by atoms with Crippen LogP contribution in [0.1, 0.15) is 18.5 Å². The van der Waals surface area contributed by atoms with Gasteiger partial charge in [0.1, 0.15) is 15.8 Å². The lowest BCUT2D eigenvalue weighted by molar-refractivity contribution is 0.386. The van der Waals surface area contributed by atoms with Gasteiger partial charge in [0.15, 0.2) is 0 Å². The molecule has 0 aliphatic carbocycles. The number of thioether (sulfide) groups is 1. The quantitative estimate of drug-likeness (QED) is 0.752. The monoisotopic (exact) mass is 324 g/mol. The van der Waals surface area contributed by atoms with Gasteiger partial charge in [-0.15, -0.1) is 11.3 Å². The van der Waals surface area contributed by atoms with Gasteiger partial charge in [-0.3, -0.25) is 0 Å². The van der Waals surface area contributed by atoms with E-state index in [1.54, 1.807) is 37.3 Å². The maximum Gasteiger partial charge on any atom is 0.149 e. The molecule has 0 saturated heterocycles. The first-order valence-corrected chi connectivity index (χ1v) is 8.62. The second-order valence-corrected chi connectivity index (χ2v) is 6.49. The summed E-state index contributed by atoms with van der Waals surface area (Å²) in [4.78, 5) is 4.31. The van der Waals surface area contributed by atoms with Gasteiger partial charge in [-0.05, 0) is 12.6 Å². The molecule has 0 fully saturated rings. The van der Waals surface area contributed by atoms with Crippen molar-refractivity contribution in [2.45, 2.75) is 17.3 Å². The van der Waals surface area contributed by atoms with Crippen LogP contribution in [0.2, 0.25) is 0 Å². The summed E-state index contributed by atoms with van der Waals surface area (Å²) >= 11 is 3.42. The number of ether oxygens (including phenoxy) is 2. The maximum absolute atomic E-state index is 5.51. The Morgan fingerprint density at radius 1 is 1.33 bits per heavy atom. The lowest BCUT2D eigenvalue weighted by Gasteiger charge is -2.20. The van der Waals surface area contributed by atoms with Crippen molar-refractivity contribution in [3.05, 3.63) is 35.3 Å². The molecule has 114 valence electrons. The molecule has 1 aromatic heterocycles. The van der Waals surface area contributed by atoms with Gasteiger partial charge in [0.2, 0.25) is 0 Å². The number of methoxy groups -OCH3 is 2. The second-order valence-electron chi connectivity index (χ2n) is 4.33. The summed E-state index contributed by atoms with van der Waals surface area (Å²) in [5.41, 5.74) is 1.14. The fraction of sp³-hybridized carbons (Fsp3) is 0.400. The Bertz CT molecular complexity index is 547. The molecule has 6 heteroatoms. The van der Waals surface area contributed by atoms with E-state index in [2.05, 4.69) is 23.3 Å². The van der Waals surface area contributed by atoms with Crippen LogP contribution in [-0.2, 0) is 0 Å². The first-order chi connectivity index (χ1) is 10.3. The minimum absolute atomic E-state index is 0.213. The molecule has 1 heterocycles. The third-order valence-electron chi connectivity index (χ3n) is 3.05. The average Bonchev–Trinajstić information content (AvgIpc) is 3.04. The molecule has 21 heavy (non-hydrogen) atoms. The van der Waals surface area contributed by atoms with E-state index in [4.69, 9.17) is 9.47 Å². The van der Waals surface area contributed by atoms with Crippen LogP contribution in [0.15, 0.2) is 34.1 Å². The molecule has 0 saturated carbocycles. The maximum atomic E-state index is 5.51. The van der Waals surface area contributed by atoms with Gasteiger partial charge in [-0.1, -0.05) is 24.8 Å². The van der Waals surface area contributed by atoms with E-state index >= 15 is 0 Å². The molecule has 2 aromatic rings. The molecule has 1 atom stereocenters. The minimum Gasteiger partial charge on any atom is -0.497 e. The van der Waals surface area contributed by atoms with Gasteiger partial charge in [0.25, 0.3) is 0 Å². The van der Waals surface area contributed by atoms with Gasteiger partial charge in [-0.25, -0.2) is 4.98 Å². The Labute approximate surface area is 133 Å². The Morgan fingerprint density at radius 3 is 2.81 bits per heavy atom. The van der Waals surface area contributed by atoms with Gasteiger partial charge < -0.3 is 14.8 Å². The predicted octanol–water partition coefficient (Wildman–Crippen LogP) is 3.60. The molecule has 0 radical (unpaired) electrons. The molecule has 1 N–H and O–H groups in total. The highest BCUT2D eigenvalue weighted by Gasteiger charge is 2.17. The molecule has 1 unspecified atom stereocenters. The molecule has 2 rings (SSSR count). The van der Waals surface area contributed by atoms with Crippen LogP contribution in [0, 0.1) is 0 Å². The predicted molar refractivity (Wildman–Crippen MR) is 88.8 cm³/mol. The van der Waals surface area contributed by atoms with Crippen LogP contribution >= 0.6 is 23.1 Å². The third-order valence-corrected chi connectivity index (χ3v) is 5.11. The first kappa shape index (κ1) is 16.1. The number of rotatable bonds is 8. The molecule has 0 aliphatic heterocycles. The van der Waals surface area contributed by atoms with E-state index in [0.29, 0.717) is 0 Å². The second kappa shape index (κ2) is 8.26. The van der Waals surface area contributed by atoms with E-state index < -0.39 is 0 Å². The molecular weight excluding hydrogens is 304 g/mol. The minimum atomic E-state index is 0.213. The van der Waals surface area contributed by atoms with Crippen molar-refractivity contribution in [2.24, 2.45) is 0 Å². The number of thiazole rings is 1. The summed E-state index contributed by atoms with van der Waals surface area (Å²) in [6, 6.07) is 6.17.